The molecular formula is C18H26F2N6. The number of hydrazine groups is 2. The predicted molar refractivity (Wildman–Crippen MR) is 102 cm³/mol. The summed E-state index contributed by atoms with van der Waals surface area (Å²) >= 11 is 0. The SMILES string of the molecule is C=N/C=C(C)/C=N\N(c1ccc(F)cc1F)N(C)NC1CC1CNCC. The summed E-state index contributed by atoms with van der Waals surface area (Å²) in [6.45, 7) is 9.13. The van der Waals surface area contributed by atoms with E-state index in [-0.39, 0.29) is 11.7 Å². The van der Waals surface area contributed by atoms with Crippen molar-refractivity contribution in [1.82, 2.24) is 15.9 Å². The van der Waals surface area contributed by atoms with E-state index in [4.69, 9.17) is 0 Å². The highest BCUT2D eigenvalue weighted by Gasteiger charge is 2.38. The Morgan fingerprint density at radius 1 is 1.42 bits per heavy atom. The van der Waals surface area contributed by atoms with Crippen molar-refractivity contribution in [1.29, 1.82) is 0 Å². The summed E-state index contributed by atoms with van der Waals surface area (Å²) in [5, 5.41) is 10.6. The molecule has 142 valence electrons. The summed E-state index contributed by atoms with van der Waals surface area (Å²) < 4.78 is 27.5. The van der Waals surface area contributed by atoms with Crippen LogP contribution in [0.2, 0.25) is 0 Å². The van der Waals surface area contributed by atoms with Crippen molar-refractivity contribution in [2.45, 2.75) is 26.3 Å². The van der Waals surface area contributed by atoms with Crippen LogP contribution in [0.3, 0.4) is 0 Å². The highest BCUT2D eigenvalue weighted by Crippen LogP contribution is 2.30. The van der Waals surface area contributed by atoms with Gasteiger partial charge in [0.15, 0.2) is 5.82 Å². The summed E-state index contributed by atoms with van der Waals surface area (Å²) in [5.41, 5.74) is 4.19. The van der Waals surface area contributed by atoms with Gasteiger partial charge in [-0.25, -0.2) is 14.2 Å². The molecule has 2 unspecified atom stereocenters. The van der Waals surface area contributed by atoms with Gasteiger partial charge in [0.2, 0.25) is 0 Å². The maximum atomic E-state index is 14.3. The molecule has 2 rings (SSSR count). The quantitative estimate of drug-likeness (QED) is 0.495. The molecule has 1 aromatic rings. The maximum absolute atomic E-state index is 14.3. The predicted octanol–water partition coefficient (Wildman–Crippen LogP) is 2.71. The third-order valence-electron chi connectivity index (χ3n) is 4.01. The number of halogens is 2. The van der Waals surface area contributed by atoms with Gasteiger partial charge in [-0.1, -0.05) is 6.92 Å². The van der Waals surface area contributed by atoms with Crippen LogP contribution in [-0.4, -0.2) is 44.2 Å². The van der Waals surface area contributed by atoms with Gasteiger partial charge in [0.1, 0.15) is 11.5 Å². The monoisotopic (exact) mass is 364 g/mol. The second-order valence-electron chi connectivity index (χ2n) is 6.25. The Balaban J connectivity index is 2.14. The highest BCUT2D eigenvalue weighted by molar-refractivity contribution is 5.78. The minimum absolute atomic E-state index is 0.140. The molecule has 0 bridgehead atoms. The van der Waals surface area contributed by atoms with Crippen molar-refractivity contribution in [2.75, 3.05) is 25.3 Å². The normalized spacial score (nSPS) is 20.0. The Morgan fingerprint density at radius 3 is 2.85 bits per heavy atom. The number of nitrogens with zero attached hydrogens (tertiary/aromatic N) is 4. The maximum Gasteiger partial charge on any atom is 0.153 e. The Bertz CT molecular complexity index is 676. The molecule has 0 saturated heterocycles. The van der Waals surface area contributed by atoms with E-state index < -0.39 is 11.6 Å². The molecule has 1 aliphatic carbocycles. The Labute approximate surface area is 153 Å². The number of hydrogen-bond acceptors (Lipinski definition) is 6. The van der Waals surface area contributed by atoms with Gasteiger partial charge in [-0.05, 0) is 56.8 Å². The fourth-order valence-electron chi connectivity index (χ4n) is 2.52. The molecule has 0 radical (unpaired) electrons. The third-order valence-corrected chi connectivity index (χ3v) is 4.01. The molecule has 1 fully saturated rings. The summed E-state index contributed by atoms with van der Waals surface area (Å²) in [7, 11) is 1.74. The smallest absolute Gasteiger partial charge is 0.153 e. The Kier molecular flexibility index (Phi) is 7.38. The molecule has 26 heavy (non-hydrogen) atoms. The average molecular weight is 364 g/mol. The number of hydrogen-bond donors (Lipinski definition) is 2. The van der Waals surface area contributed by atoms with E-state index in [0.29, 0.717) is 5.92 Å². The van der Waals surface area contributed by atoms with E-state index in [1.807, 2.05) is 0 Å². The zero-order chi connectivity index (χ0) is 19.1. The van der Waals surface area contributed by atoms with Gasteiger partial charge in [-0.15, -0.1) is 5.12 Å². The summed E-state index contributed by atoms with van der Waals surface area (Å²) in [4.78, 5) is 3.68. The van der Waals surface area contributed by atoms with E-state index in [1.165, 1.54) is 17.3 Å². The molecule has 0 spiro atoms. The molecule has 2 N–H and O–H groups in total. The Morgan fingerprint density at radius 2 is 2.19 bits per heavy atom. The Hall–Kier alpha value is -2.16. The minimum atomic E-state index is -0.695. The van der Waals surface area contributed by atoms with Crippen LogP contribution in [0, 0.1) is 17.6 Å². The molecule has 0 heterocycles. The van der Waals surface area contributed by atoms with Crippen LogP contribution in [-0.2, 0) is 0 Å². The molecular weight excluding hydrogens is 338 g/mol. The molecule has 1 aliphatic rings. The molecule has 0 aliphatic heterocycles. The van der Waals surface area contributed by atoms with Crippen LogP contribution in [0.5, 0.6) is 0 Å². The number of benzene rings is 1. The first-order valence-electron chi connectivity index (χ1n) is 8.58. The second-order valence-corrected chi connectivity index (χ2v) is 6.25. The van der Waals surface area contributed by atoms with Crippen LogP contribution in [0.1, 0.15) is 20.3 Å². The first kappa shape index (κ1) is 20.2. The first-order chi connectivity index (χ1) is 12.5. The van der Waals surface area contributed by atoms with Crippen molar-refractivity contribution in [3.8, 4) is 0 Å². The summed E-state index contributed by atoms with van der Waals surface area (Å²) in [6, 6.07) is 3.68. The number of nitrogens with one attached hydrogen (secondary N) is 2. The molecule has 0 amide bonds. The van der Waals surface area contributed by atoms with Gasteiger partial charge in [0, 0.05) is 25.4 Å². The van der Waals surface area contributed by atoms with E-state index in [9.17, 15) is 8.78 Å². The zero-order valence-electron chi connectivity index (χ0n) is 15.4. The molecule has 0 aromatic heterocycles. The lowest BCUT2D eigenvalue weighted by Gasteiger charge is -2.30. The van der Waals surface area contributed by atoms with E-state index in [0.717, 1.165) is 31.1 Å². The van der Waals surface area contributed by atoms with Crippen molar-refractivity contribution >= 4 is 18.6 Å². The van der Waals surface area contributed by atoms with E-state index in [1.54, 1.807) is 31.5 Å². The lowest BCUT2D eigenvalue weighted by molar-refractivity contribution is 0.203. The van der Waals surface area contributed by atoms with Crippen molar-refractivity contribution in [2.24, 2.45) is 16.0 Å². The number of hydrazone groups is 1. The van der Waals surface area contributed by atoms with E-state index >= 15 is 0 Å². The van der Waals surface area contributed by atoms with Gasteiger partial charge in [-0.3, -0.25) is 4.99 Å². The lowest BCUT2D eigenvalue weighted by Crippen LogP contribution is -2.48. The molecule has 1 saturated carbocycles. The molecule has 8 heteroatoms. The topological polar surface area (TPSA) is 55.3 Å². The number of rotatable bonds is 10. The fraction of sp³-hybridized carbons (Fsp3) is 0.444. The summed E-state index contributed by atoms with van der Waals surface area (Å²) in [5.74, 6) is -0.808. The zero-order valence-corrected chi connectivity index (χ0v) is 15.4. The third kappa shape index (κ3) is 5.69. The second kappa shape index (κ2) is 9.51. The largest absolute Gasteiger partial charge is 0.317 e. The van der Waals surface area contributed by atoms with Crippen molar-refractivity contribution in [3.63, 3.8) is 0 Å². The van der Waals surface area contributed by atoms with E-state index in [2.05, 4.69) is 34.5 Å². The van der Waals surface area contributed by atoms with Crippen LogP contribution < -0.4 is 15.9 Å². The molecule has 6 nitrogen and oxygen atoms in total. The number of allylic oxidation sites excluding steroid dienone is 1. The standard InChI is InChI=1S/C18H26F2N6/c1-5-22-12-14-8-17(14)24-25(4)26(23-11-13(2)10-21-3)18-7-6-15(19)9-16(18)20/h6-7,9-11,14,17,22,24H,3,5,8,12H2,1-2,4H3/b13-10+,23-11-. The van der Waals surface area contributed by atoms with Crippen LogP contribution >= 0.6 is 0 Å². The minimum Gasteiger partial charge on any atom is -0.317 e. The van der Waals surface area contributed by atoms with Gasteiger partial charge < -0.3 is 5.32 Å². The lowest BCUT2D eigenvalue weighted by atomic mass is 10.3. The van der Waals surface area contributed by atoms with Crippen LogP contribution in [0.4, 0.5) is 14.5 Å². The first-order valence-corrected chi connectivity index (χ1v) is 8.58. The fourth-order valence-corrected chi connectivity index (χ4v) is 2.52. The van der Waals surface area contributed by atoms with Crippen LogP contribution in [0.25, 0.3) is 0 Å². The average Bonchev–Trinajstić information content (AvgIpc) is 3.32. The van der Waals surface area contributed by atoms with Gasteiger partial charge in [0.25, 0.3) is 0 Å². The van der Waals surface area contributed by atoms with Gasteiger partial charge in [0.05, 0.1) is 6.21 Å². The van der Waals surface area contributed by atoms with Gasteiger partial charge in [-0.2, -0.15) is 10.2 Å². The summed E-state index contributed by atoms with van der Waals surface area (Å²) in [6.07, 6.45) is 4.11. The van der Waals surface area contributed by atoms with Gasteiger partial charge >= 0.3 is 0 Å². The van der Waals surface area contributed by atoms with Crippen molar-refractivity contribution < 1.29 is 8.78 Å². The highest BCUT2D eigenvalue weighted by atomic mass is 19.1. The van der Waals surface area contributed by atoms with Crippen LogP contribution in [0.15, 0.2) is 40.1 Å². The molecule has 1 aromatic carbocycles. The van der Waals surface area contributed by atoms with Crippen molar-refractivity contribution in [3.05, 3.63) is 41.6 Å². The number of anilines is 1. The molecule has 2 atom stereocenters. The number of aliphatic imine (C=N–C) groups is 1.